The van der Waals surface area contributed by atoms with E-state index in [0.29, 0.717) is 19.5 Å². The van der Waals surface area contributed by atoms with Gasteiger partial charge in [0.05, 0.1) is 0 Å². The molecule has 0 spiro atoms. The third kappa shape index (κ3) is 5.36. The molecular weight excluding hydrogens is 216 g/mol. The molecule has 0 aliphatic rings. The summed E-state index contributed by atoms with van der Waals surface area (Å²) in [4.78, 5) is 11.3. The molecule has 0 radical (unpaired) electrons. The summed E-state index contributed by atoms with van der Waals surface area (Å²) >= 11 is 0. The highest BCUT2D eigenvalue weighted by Gasteiger charge is 2.03. The van der Waals surface area contributed by atoms with Crippen LogP contribution in [0.25, 0.3) is 0 Å². The van der Waals surface area contributed by atoms with Gasteiger partial charge in [-0.05, 0) is 19.9 Å². The van der Waals surface area contributed by atoms with Crippen molar-refractivity contribution in [2.24, 2.45) is 0 Å². The molecule has 0 saturated carbocycles. The van der Waals surface area contributed by atoms with Crippen molar-refractivity contribution < 1.29 is 9.90 Å². The summed E-state index contributed by atoms with van der Waals surface area (Å²) in [5.74, 6) is 0.330. The van der Waals surface area contributed by atoms with Gasteiger partial charge in [-0.15, -0.1) is 0 Å². The molecule has 0 fully saturated rings. The van der Waals surface area contributed by atoms with Gasteiger partial charge in [-0.25, -0.2) is 0 Å². The maximum absolute atomic E-state index is 11.3. The Bertz CT molecular complexity index is 364. The maximum atomic E-state index is 11.3. The second-order valence-corrected chi connectivity index (χ2v) is 4.28. The van der Waals surface area contributed by atoms with Crippen molar-refractivity contribution in [1.82, 2.24) is 10.6 Å². The Morgan fingerprint density at radius 2 is 2.06 bits per heavy atom. The SMILES string of the molecule is CC(C)NC(=O)CCNCc1ccccc1O. The Hall–Kier alpha value is -1.55. The molecule has 0 heterocycles. The Morgan fingerprint density at radius 3 is 2.71 bits per heavy atom. The second kappa shape index (κ2) is 6.91. The second-order valence-electron chi connectivity index (χ2n) is 4.28. The van der Waals surface area contributed by atoms with E-state index in [1.54, 1.807) is 12.1 Å². The fourth-order valence-electron chi connectivity index (χ4n) is 1.48. The molecular formula is C13H20N2O2. The fraction of sp³-hybridized carbons (Fsp3) is 0.462. The van der Waals surface area contributed by atoms with Gasteiger partial charge in [-0.2, -0.15) is 0 Å². The first-order valence-electron chi connectivity index (χ1n) is 5.86. The third-order valence-electron chi connectivity index (χ3n) is 2.29. The van der Waals surface area contributed by atoms with Crippen LogP contribution in [0.5, 0.6) is 5.75 Å². The van der Waals surface area contributed by atoms with Crippen molar-refractivity contribution >= 4 is 5.91 Å². The lowest BCUT2D eigenvalue weighted by atomic mass is 10.2. The summed E-state index contributed by atoms with van der Waals surface area (Å²) < 4.78 is 0. The van der Waals surface area contributed by atoms with Crippen LogP contribution in [0.1, 0.15) is 25.8 Å². The summed E-state index contributed by atoms with van der Waals surface area (Å²) in [6.07, 6.45) is 0.450. The molecule has 0 saturated heterocycles. The van der Waals surface area contributed by atoms with Crippen LogP contribution in [-0.4, -0.2) is 23.6 Å². The number of benzene rings is 1. The van der Waals surface area contributed by atoms with Crippen LogP contribution in [0.3, 0.4) is 0 Å². The van der Waals surface area contributed by atoms with E-state index in [-0.39, 0.29) is 17.7 Å². The van der Waals surface area contributed by atoms with Gasteiger partial charge in [0, 0.05) is 31.1 Å². The zero-order valence-corrected chi connectivity index (χ0v) is 10.4. The minimum Gasteiger partial charge on any atom is -0.508 e. The first-order chi connectivity index (χ1) is 8.09. The summed E-state index contributed by atoms with van der Waals surface area (Å²) in [6.45, 7) is 5.05. The highest BCUT2D eigenvalue weighted by molar-refractivity contribution is 5.76. The van der Waals surface area contributed by atoms with Crippen molar-refractivity contribution in [2.45, 2.75) is 32.9 Å². The molecule has 1 amide bonds. The van der Waals surface area contributed by atoms with Crippen LogP contribution in [0.15, 0.2) is 24.3 Å². The summed E-state index contributed by atoms with van der Waals surface area (Å²) in [5.41, 5.74) is 0.844. The van der Waals surface area contributed by atoms with Gasteiger partial charge in [0.1, 0.15) is 5.75 Å². The van der Waals surface area contributed by atoms with Gasteiger partial charge in [0.15, 0.2) is 0 Å². The molecule has 0 atom stereocenters. The van der Waals surface area contributed by atoms with Crippen LogP contribution in [0.4, 0.5) is 0 Å². The zero-order valence-electron chi connectivity index (χ0n) is 10.4. The number of aromatic hydroxyl groups is 1. The van der Waals surface area contributed by atoms with Crippen LogP contribution in [-0.2, 0) is 11.3 Å². The molecule has 0 aromatic heterocycles. The lowest BCUT2D eigenvalue weighted by molar-refractivity contribution is -0.121. The Kier molecular flexibility index (Phi) is 5.49. The van der Waals surface area contributed by atoms with E-state index in [4.69, 9.17) is 0 Å². The molecule has 0 unspecified atom stereocenters. The summed E-state index contributed by atoms with van der Waals surface area (Å²) in [7, 11) is 0. The lowest BCUT2D eigenvalue weighted by Gasteiger charge is -2.09. The lowest BCUT2D eigenvalue weighted by Crippen LogP contribution is -2.32. The monoisotopic (exact) mass is 236 g/mol. The highest BCUT2D eigenvalue weighted by Crippen LogP contribution is 2.14. The molecule has 4 nitrogen and oxygen atoms in total. The Balaban J connectivity index is 2.21. The number of carbonyl (C=O) groups is 1. The number of carbonyl (C=O) groups excluding carboxylic acids is 1. The molecule has 94 valence electrons. The van der Waals surface area contributed by atoms with E-state index >= 15 is 0 Å². The van der Waals surface area contributed by atoms with Crippen molar-refractivity contribution in [3.05, 3.63) is 29.8 Å². The number of rotatable bonds is 6. The predicted octanol–water partition coefficient (Wildman–Crippen LogP) is 1.40. The average Bonchev–Trinajstić information content (AvgIpc) is 2.25. The fourth-order valence-corrected chi connectivity index (χ4v) is 1.48. The number of nitrogens with one attached hydrogen (secondary N) is 2. The smallest absolute Gasteiger partial charge is 0.221 e. The normalized spacial score (nSPS) is 10.5. The molecule has 1 aromatic carbocycles. The number of phenols is 1. The minimum absolute atomic E-state index is 0.0461. The van der Waals surface area contributed by atoms with E-state index in [1.165, 1.54) is 0 Å². The number of phenolic OH excluding ortho intramolecular Hbond substituents is 1. The van der Waals surface area contributed by atoms with Crippen LogP contribution in [0, 0.1) is 0 Å². The zero-order chi connectivity index (χ0) is 12.7. The topological polar surface area (TPSA) is 61.4 Å². The predicted molar refractivity (Wildman–Crippen MR) is 67.7 cm³/mol. The number of hydrogen-bond acceptors (Lipinski definition) is 3. The Labute approximate surface area is 102 Å². The highest BCUT2D eigenvalue weighted by atomic mass is 16.3. The molecule has 0 bridgehead atoms. The molecule has 1 aromatic rings. The average molecular weight is 236 g/mol. The number of hydrogen-bond donors (Lipinski definition) is 3. The van der Waals surface area contributed by atoms with E-state index in [9.17, 15) is 9.90 Å². The van der Waals surface area contributed by atoms with E-state index in [1.807, 2.05) is 26.0 Å². The number of amides is 1. The summed E-state index contributed by atoms with van der Waals surface area (Å²) in [5, 5.41) is 15.5. The summed E-state index contributed by atoms with van der Waals surface area (Å²) in [6, 6.07) is 7.36. The first kappa shape index (κ1) is 13.5. The van der Waals surface area contributed by atoms with Crippen molar-refractivity contribution in [3.8, 4) is 5.75 Å². The molecule has 3 N–H and O–H groups in total. The van der Waals surface area contributed by atoms with E-state index < -0.39 is 0 Å². The van der Waals surface area contributed by atoms with Crippen molar-refractivity contribution in [3.63, 3.8) is 0 Å². The molecule has 4 heteroatoms. The molecule has 17 heavy (non-hydrogen) atoms. The number of para-hydroxylation sites is 1. The van der Waals surface area contributed by atoms with Crippen molar-refractivity contribution in [2.75, 3.05) is 6.54 Å². The molecule has 0 aliphatic carbocycles. The van der Waals surface area contributed by atoms with Gasteiger partial charge < -0.3 is 15.7 Å². The van der Waals surface area contributed by atoms with Crippen LogP contribution >= 0.6 is 0 Å². The molecule has 1 rings (SSSR count). The van der Waals surface area contributed by atoms with Crippen LogP contribution < -0.4 is 10.6 Å². The molecule has 0 aliphatic heterocycles. The minimum atomic E-state index is 0.0461. The van der Waals surface area contributed by atoms with Gasteiger partial charge >= 0.3 is 0 Å². The van der Waals surface area contributed by atoms with Gasteiger partial charge in [-0.1, -0.05) is 18.2 Å². The van der Waals surface area contributed by atoms with Gasteiger partial charge in [0.25, 0.3) is 0 Å². The van der Waals surface area contributed by atoms with Crippen molar-refractivity contribution in [1.29, 1.82) is 0 Å². The van der Waals surface area contributed by atoms with Gasteiger partial charge in [0.2, 0.25) is 5.91 Å². The van der Waals surface area contributed by atoms with E-state index in [0.717, 1.165) is 5.56 Å². The van der Waals surface area contributed by atoms with Gasteiger partial charge in [-0.3, -0.25) is 4.79 Å². The quantitative estimate of drug-likeness (QED) is 0.654. The van der Waals surface area contributed by atoms with E-state index in [2.05, 4.69) is 10.6 Å². The third-order valence-corrected chi connectivity index (χ3v) is 2.29. The maximum Gasteiger partial charge on any atom is 0.221 e. The van der Waals surface area contributed by atoms with Crippen LogP contribution in [0.2, 0.25) is 0 Å². The Morgan fingerprint density at radius 1 is 1.35 bits per heavy atom. The standard InChI is InChI=1S/C13H20N2O2/c1-10(2)15-13(17)7-8-14-9-11-5-3-4-6-12(11)16/h3-6,10,14,16H,7-9H2,1-2H3,(H,15,17). The largest absolute Gasteiger partial charge is 0.508 e. The first-order valence-corrected chi connectivity index (χ1v) is 5.86.